The van der Waals surface area contributed by atoms with Crippen molar-refractivity contribution in [2.45, 2.75) is 0 Å². The van der Waals surface area contributed by atoms with Gasteiger partial charge < -0.3 is 29.7 Å². The normalized spacial score (nSPS) is 3.27. The van der Waals surface area contributed by atoms with E-state index in [-0.39, 0.29) is 35.9 Å². The van der Waals surface area contributed by atoms with Crippen LogP contribution in [0.5, 0.6) is 0 Å². The van der Waals surface area contributed by atoms with E-state index in [1.165, 1.54) is 0 Å². The number of carbonyl (C=O) groups is 3. The third-order valence-corrected chi connectivity index (χ3v) is 0. The Morgan fingerprint density at radius 1 is 0.727 bits per heavy atom. The molecule has 0 aliphatic rings. The van der Waals surface area contributed by atoms with E-state index in [4.69, 9.17) is 29.7 Å². The summed E-state index contributed by atoms with van der Waals surface area (Å²) in [4.78, 5) is 24.8. The van der Waals surface area contributed by atoms with Crippen molar-refractivity contribution in [2.24, 2.45) is 0 Å². The van der Waals surface area contributed by atoms with Crippen LogP contribution in [0.25, 0.3) is 0 Å². The van der Waals surface area contributed by atoms with E-state index in [2.05, 4.69) is 0 Å². The van der Waals surface area contributed by atoms with Gasteiger partial charge in [0.2, 0.25) is 0 Å². The van der Waals surface area contributed by atoms with Crippen LogP contribution in [0.3, 0.4) is 0 Å². The van der Waals surface area contributed by atoms with Gasteiger partial charge >= 0.3 is 35.9 Å². The first-order valence-corrected chi connectivity index (χ1v) is 1.41. The quantitative estimate of drug-likeness (QED) is 0.281. The van der Waals surface area contributed by atoms with Gasteiger partial charge in [-0.2, -0.15) is 0 Å². The van der Waals surface area contributed by atoms with E-state index in [1.54, 1.807) is 0 Å². The van der Waals surface area contributed by atoms with Gasteiger partial charge in [0.05, 0.1) is 0 Å². The third kappa shape index (κ3) is 2410. The first kappa shape index (κ1) is 31.3. The van der Waals surface area contributed by atoms with Crippen molar-refractivity contribution >= 4 is 19.4 Å². The Morgan fingerprint density at radius 3 is 0.727 bits per heavy atom. The van der Waals surface area contributed by atoms with Gasteiger partial charge in [0.15, 0.2) is 0 Å². The summed E-state index contributed by atoms with van der Waals surface area (Å²) in [5.41, 5.74) is 0. The molecule has 0 rings (SSSR count). The molecule has 0 aromatic rings. The first-order chi connectivity index (χ1) is 4.24. The molecule has 0 aromatic heterocycles. The van der Waals surface area contributed by atoms with Gasteiger partial charge in [0.1, 0.15) is 0 Å². The van der Waals surface area contributed by atoms with E-state index in [0.29, 0.717) is 0 Å². The predicted molar refractivity (Wildman–Crippen MR) is 18.2 cm³/mol. The van der Waals surface area contributed by atoms with Crippen molar-refractivity contribution in [2.75, 3.05) is 0 Å². The first-order valence-electron chi connectivity index (χ1n) is 1.41. The molecule has 1 radical (unpaired) electrons. The average Bonchev–Trinajstić information content (AvgIpc) is 1.70. The topological polar surface area (TPSA) is 120 Å². The summed E-state index contributed by atoms with van der Waals surface area (Å²) >= 11 is 0. The molecule has 59 valence electrons. The molecule has 0 amide bonds. The van der Waals surface area contributed by atoms with Crippen LogP contribution in [0.1, 0.15) is 0 Å². The molecule has 0 spiro atoms. The molecule has 0 saturated carbocycles. The van der Waals surface area contributed by atoms with Gasteiger partial charge in [-0.1, -0.05) is 0 Å². The summed E-state index contributed by atoms with van der Waals surface area (Å²) in [6.45, 7) is -1.50. The minimum atomic E-state index is -0.500. The fraction of sp³-hybridized carbons (Fsp3) is 0. The van der Waals surface area contributed by atoms with Gasteiger partial charge in [0, 0.05) is 19.4 Å². The number of hydrogen-bond acceptors (Lipinski definition) is 6. The molecule has 0 unspecified atom stereocenters. The van der Waals surface area contributed by atoms with Gasteiger partial charge in [-0.3, -0.25) is 0 Å². The predicted octanol–water partition coefficient (Wildman–Crippen LogP) is -7.90. The largest absolute Gasteiger partial charge is 2.00 e. The van der Waals surface area contributed by atoms with Crippen molar-refractivity contribution in [1.29, 1.82) is 0 Å². The number of rotatable bonds is 0. The van der Waals surface area contributed by atoms with E-state index in [1.807, 2.05) is 0 Å². The van der Waals surface area contributed by atoms with Crippen LogP contribution in [0.2, 0.25) is 0 Å². The minimum absolute atomic E-state index is 0. The second-order valence-electron chi connectivity index (χ2n) is 0.289. The van der Waals surface area contributed by atoms with Crippen molar-refractivity contribution < 1.29 is 65.6 Å². The van der Waals surface area contributed by atoms with E-state index < -0.39 is 19.4 Å². The molecule has 0 fully saturated rings. The molecule has 0 aliphatic carbocycles. The monoisotopic (exact) mass is 197 g/mol. The van der Waals surface area contributed by atoms with E-state index in [0.717, 1.165) is 0 Å². The Hall–Kier alpha value is -0.473. The molecule has 0 aliphatic heterocycles. The van der Waals surface area contributed by atoms with Crippen LogP contribution in [-0.2, 0) is 31.5 Å². The SMILES string of the molecule is O=C[O-].O=C[O-].O=C[O-].[Li+].[Mn+2]. The van der Waals surface area contributed by atoms with Crippen LogP contribution in [0.15, 0.2) is 0 Å². The molecule has 0 heterocycles. The van der Waals surface area contributed by atoms with Gasteiger partial charge in [-0.25, -0.2) is 0 Å². The van der Waals surface area contributed by atoms with Crippen molar-refractivity contribution in [1.82, 2.24) is 0 Å². The Morgan fingerprint density at radius 2 is 0.727 bits per heavy atom. The van der Waals surface area contributed by atoms with Crippen LogP contribution >= 0.6 is 0 Å². The maximum Gasteiger partial charge on any atom is 2.00 e. The molecular formula is C3H3LiMnO6. The van der Waals surface area contributed by atoms with Crippen molar-refractivity contribution in [3.63, 3.8) is 0 Å². The summed E-state index contributed by atoms with van der Waals surface area (Å²) < 4.78 is 0. The zero-order valence-electron chi connectivity index (χ0n) is 5.56. The van der Waals surface area contributed by atoms with Crippen LogP contribution in [0, 0.1) is 0 Å². The second kappa shape index (κ2) is 108. The molecule has 6 nitrogen and oxygen atoms in total. The van der Waals surface area contributed by atoms with Gasteiger partial charge in [0.25, 0.3) is 0 Å². The van der Waals surface area contributed by atoms with Crippen LogP contribution < -0.4 is 34.2 Å². The van der Waals surface area contributed by atoms with Crippen molar-refractivity contribution in [3.8, 4) is 0 Å². The fourth-order valence-corrected chi connectivity index (χ4v) is 0. The summed E-state index contributed by atoms with van der Waals surface area (Å²) in [6, 6.07) is 0. The van der Waals surface area contributed by atoms with Gasteiger partial charge in [-0.05, 0) is 0 Å². The maximum atomic E-state index is 8.25. The Balaban J connectivity index is -0.0000000150. The summed E-state index contributed by atoms with van der Waals surface area (Å²) in [6.07, 6.45) is 0. The van der Waals surface area contributed by atoms with E-state index >= 15 is 0 Å². The average molecular weight is 197 g/mol. The molecule has 0 saturated heterocycles. The molecule has 11 heavy (non-hydrogen) atoms. The molecular weight excluding hydrogens is 194 g/mol. The zero-order valence-corrected chi connectivity index (χ0v) is 6.74. The molecule has 0 N–H and O–H groups in total. The fourth-order valence-electron chi connectivity index (χ4n) is 0. The van der Waals surface area contributed by atoms with Crippen molar-refractivity contribution in [3.05, 3.63) is 0 Å². The van der Waals surface area contributed by atoms with Crippen LogP contribution in [0.4, 0.5) is 0 Å². The number of carboxylic acid groups (broad SMARTS) is 3. The number of hydrogen-bond donors (Lipinski definition) is 0. The molecule has 8 heteroatoms. The Bertz CT molecular complexity index is 54.6. The Kier molecular flexibility index (Phi) is 308. The molecule has 0 bridgehead atoms. The van der Waals surface area contributed by atoms with Crippen LogP contribution in [-0.4, -0.2) is 19.4 Å². The minimum Gasteiger partial charge on any atom is -0.554 e. The van der Waals surface area contributed by atoms with E-state index in [9.17, 15) is 0 Å². The smallest absolute Gasteiger partial charge is 0.554 e. The third-order valence-electron chi connectivity index (χ3n) is 0. The molecule has 0 atom stereocenters. The van der Waals surface area contributed by atoms with Gasteiger partial charge in [-0.15, -0.1) is 0 Å². The summed E-state index contributed by atoms with van der Waals surface area (Å²) in [5.74, 6) is 0. The summed E-state index contributed by atoms with van der Waals surface area (Å²) in [7, 11) is 0. The summed E-state index contributed by atoms with van der Waals surface area (Å²) in [5, 5.41) is 24.8. The second-order valence-corrected chi connectivity index (χ2v) is 0.289. The standard InChI is InChI=1S/3CH2O2.Li.Mn/c3*2-1-3;;/h3*1H,(H,2,3);;/q;;;+1;+2/p-3. The molecule has 0 aromatic carbocycles. The Labute approximate surface area is 85.2 Å². The zero-order chi connectivity index (χ0) is 8.12. The number of carbonyl (C=O) groups excluding carboxylic acids is 3. The maximum absolute atomic E-state index is 8.25.